The Labute approximate surface area is 60.1 Å². The number of hydrogen-bond donors (Lipinski definition) is 1. The first-order valence-electron chi connectivity index (χ1n) is 3.59. The molecule has 1 aromatic heterocycles. The normalized spacial score (nSPS) is 16.9. The molecular weight excluding hydrogens is 126 g/mol. The molecule has 1 N–H and O–H groups in total. The van der Waals surface area contributed by atoms with Crippen LogP contribution in [0.1, 0.15) is 11.4 Å². The minimum absolute atomic E-state index is 0.978. The second kappa shape index (κ2) is 2.09. The largest absolute Gasteiger partial charge is 0.332 e. The van der Waals surface area contributed by atoms with Crippen molar-refractivity contribution in [2.45, 2.75) is 20.0 Å². The van der Waals surface area contributed by atoms with Crippen molar-refractivity contribution in [3.05, 3.63) is 17.7 Å². The van der Waals surface area contributed by atoms with Gasteiger partial charge in [0.15, 0.2) is 0 Å². The predicted molar refractivity (Wildman–Crippen MR) is 38.7 cm³/mol. The SMILES string of the molecule is Cc1ncn2c1CNCC2. The highest BCUT2D eigenvalue weighted by Gasteiger charge is 2.09. The summed E-state index contributed by atoms with van der Waals surface area (Å²) < 4.78 is 2.21. The minimum Gasteiger partial charge on any atom is -0.332 e. The topological polar surface area (TPSA) is 29.9 Å². The smallest absolute Gasteiger partial charge is 0.0952 e. The Morgan fingerprint density at radius 1 is 1.70 bits per heavy atom. The lowest BCUT2D eigenvalue weighted by atomic mass is 10.3. The zero-order chi connectivity index (χ0) is 6.97. The molecule has 1 aliphatic rings. The summed E-state index contributed by atoms with van der Waals surface area (Å²) >= 11 is 0. The summed E-state index contributed by atoms with van der Waals surface area (Å²) in [4.78, 5) is 4.22. The maximum absolute atomic E-state index is 4.22. The van der Waals surface area contributed by atoms with Crippen LogP contribution < -0.4 is 5.32 Å². The summed E-state index contributed by atoms with van der Waals surface area (Å²) in [6, 6.07) is 0. The van der Waals surface area contributed by atoms with E-state index in [0.29, 0.717) is 0 Å². The van der Waals surface area contributed by atoms with Crippen molar-refractivity contribution in [1.82, 2.24) is 14.9 Å². The average Bonchev–Trinajstić information content (AvgIpc) is 2.34. The van der Waals surface area contributed by atoms with Crippen LogP contribution in [0, 0.1) is 6.92 Å². The second-order valence-electron chi connectivity index (χ2n) is 2.65. The quantitative estimate of drug-likeness (QED) is 0.557. The number of aryl methyl sites for hydroxylation is 1. The summed E-state index contributed by atoms with van der Waals surface area (Å²) in [7, 11) is 0. The number of hydrogen-bond acceptors (Lipinski definition) is 2. The first-order valence-corrected chi connectivity index (χ1v) is 3.59. The van der Waals surface area contributed by atoms with Crippen molar-refractivity contribution >= 4 is 0 Å². The van der Waals surface area contributed by atoms with E-state index in [9.17, 15) is 0 Å². The van der Waals surface area contributed by atoms with Gasteiger partial charge in [0.25, 0.3) is 0 Å². The van der Waals surface area contributed by atoms with Crippen molar-refractivity contribution in [3.8, 4) is 0 Å². The monoisotopic (exact) mass is 137 g/mol. The van der Waals surface area contributed by atoms with Gasteiger partial charge in [0, 0.05) is 19.6 Å². The van der Waals surface area contributed by atoms with Crippen LogP contribution in [0.25, 0.3) is 0 Å². The number of imidazole rings is 1. The van der Waals surface area contributed by atoms with Crippen LogP contribution in [0.15, 0.2) is 6.33 Å². The molecule has 0 aromatic carbocycles. The van der Waals surface area contributed by atoms with Crippen LogP contribution in [0.2, 0.25) is 0 Å². The summed E-state index contributed by atoms with van der Waals surface area (Å²) in [5.74, 6) is 0. The molecule has 0 saturated carbocycles. The summed E-state index contributed by atoms with van der Waals surface area (Å²) in [5.41, 5.74) is 2.50. The Morgan fingerprint density at radius 2 is 2.60 bits per heavy atom. The van der Waals surface area contributed by atoms with Crippen molar-refractivity contribution in [2.75, 3.05) is 6.54 Å². The molecule has 0 bridgehead atoms. The standard InChI is InChI=1S/C7H11N3/c1-6-7-4-8-2-3-10(7)5-9-6/h5,8H,2-4H2,1H3. The Hall–Kier alpha value is -0.830. The molecule has 0 saturated heterocycles. The van der Waals surface area contributed by atoms with E-state index in [4.69, 9.17) is 0 Å². The van der Waals surface area contributed by atoms with Crippen LogP contribution in [-0.2, 0) is 13.1 Å². The predicted octanol–water partition coefficient (Wildman–Crippen LogP) is 0.295. The van der Waals surface area contributed by atoms with Crippen molar-refractivity contribution in [3.63, 3.8) is 0 Å². The van der Waals surface area contributed by atoms with Crippen LogP contribution in [-0.4, -0.2) is 16.1 Å². The Balaban J connectivity index is 2.45. The van der Waals surface area contributed by atoms with Gasteiger partial charge in [-0.25, -0.2) is 4.98 Å². The van der Waals surface area contributed by atoms with E-state index in [1.807, 2.05) is 6.33 Å². The maximum atomic E-state index is 4.22. The molecule has 2 rings (SSSR count). The zero-order valence-electron chi connectivity index (χ0n) is 6.09. The summed E-state index contributed by atoms with van der Waals surface area (Å²) in [6.45, 7) is 5.17. The molecule has 1 aliphatic heterocycles. The number of nitrogens with one attached hydrogen (secondary N) is 1. The fourth-order valence-corrected chi connectivity index (χ4v) is 1.34. The third kappa shape index (κ3) is 0.743. The lowest BCUT2D eigenvalue weighted by Crippen LogP contribution is -2.27. The third-order valence-corrected chi connectivity index (χ3v) is 1.98. The minimum atomic E-state index is 0.978. The first-order chi connectivity index (χ1) is 4.88. The van der Waals surface area contributed by atoms with E-state index in [1.165, 1.54) is 5.69 Å². The molecule has 0 radical (unpaired) electrons. The second-order valence-corrected chi connectivity index (χ2v) is 2.65. The molecule has 0 atom stereocenters. The number of aromatic nitrogens is 2. The molecule has 10 heavy (non-hydrogen) atoms. The van der Waals surface area contributed by atoms with Crippen LogP contribution in [0.5, 0.6) is 0 Å². The molecule has 0 spiro atoms. The lowest BCUT2D eigenvalue weighted by Gasteiger charge is -2.15. The molecule has 2 heterocycles. The van der Waals surface area contributed by atoms with Crippen LogP contribution >= 0.6 is 0 Å². The molecule has 0 unspecified atom stereocenters. The van der Waals surface area contributed by atoms with E-state index < -0.39 is 0 Å². The summed E-state index contributed by atoms with van der Waals surface area (Å²) in [5, 5.41) is 3.31. The highest BCUT2D eigenvalue weighted by atomic mass is 15.1. The van der Waals surface area contributed by atoms with Crippen molar-refractivity contribution in [2.24, 2.45) is 0 Å². The molecule has 0 amide bonds. The van der Waals surface area contributed by atoms with E-state index >= 15 is 0 Å². The van der Waals surface area contributed by atoms with Gasteiger partial charge in [-0.05, 0) is 6.92 Å². The van der Waals surface area contributed by atoms with Gasteiger partial charge >= 0.3 is 0 Å². The van der Waals surface area contributed by atoms with Crippen molar-refractivity contribution in [1.29, 1.82) is 0 Å². The molecule has 1 aromatic rings. The Morgan fingerprint density at radius 3 is 3.40 bits per heavy atom. The van der Waals surface area contributed by atoms with E-state index in [1.54, 1.807) is 0 Å². The molecule has 3 nitrogen and oxygen atoms in total. The molecule has 0 fully saturated rings. The first kappa shape index (κ1) is 5.92. The van der Waals surface area contributed by atoms with Gasteiger partial charge in [0.1, 0.15) is 0 Å². The third-order valence-electron chi connectivity index (χ3n) is 1.98. The van der Waals surface area contributed by atoms with Gasteiger partial charge in [0.2, 0.25) is 0 Å². The average molecular weight is 137 g/mol. The Bertz CT molecular complexity index is 239. The fraction of sp³-hybridized carbons (Fsp3) is 0.571. The number of nitrogens with zero attached hydrogens (tertiary/aromatic N) is 2. The van der Waals surface area contributed by atoms with E-state index in [0.717, 1.165) is 25.3 Å². The highest BCUT2D eigenvalue weighted by molar-refractivity contribution is 5.12. The Kier molecular flexibility index (Phi) is 1.24. The van der Waals surface area contributed by atoms with Crippen molar-refractivity contribution < 1.29 is 0 Å². The summed E-state index contributed by atoms with van der Waals surface area (Å²) in [6.07, 6.45) is 1.92. The molecule has 54 valence electrons. The van der Waals surface area contributed by atoms with Crippen LogP contribution in [0.4, 0.5) is 0 Å². The maximum Gasteiger partial charge on any atom is 0.0952 e. The molecular formula is C7H11N3. The number of rotatable bonds is 0. The van der Waals surface area contributed by atoms with Gasteiger partial charge in [-0.1, -0.05) is 0 Å². The van der Waals surface area contributed by atoms with Crippen LogP contribution in [0.3, 0.4) is 0 Å². The van der Waals surface area contributed by atoms with Gasteiger partial charge in [0.05, 0.1) is 17.7 Å². The molecule has 0 aliphatic carbocycles. The lowest BCUT2D eigenvalue weighted by molar-refractivity contribution is 0.514. The van der Waals surface area contributed by atoms with E-state index in [2.05, 4.69) is 21.8 Å². The van der Waals surface area contributed by atoms with Gasteiger partial charge in [-0.15, -0.1) is 0 Å². The highest BCUT2D eigenvalue weighted by Crippen LogP contribution is 2.08. The zero-order valence-corrected chi connectivity index (χ0v) is 6.09. The van der Waals surface area contributed by atoms with E-state index in [-0.39, 0.29) is 0 Å². The molecule has 3 heteroatoms. The fourth-order valence-electron chi connectivity index (χ4n) is 1.34. The number of fused-ring (bicyclic) bond motifs is 1. The van der Waals surface area contributed by atoms with Gasteiger partial charge < -0.3 is 9.88 Å². The van der Waals surface area contributed by atoms with Gasteiger partial charge in [-0.3, -0.25) is 0 Å². The van der Waals surface area contributed by atoms with Gasteiger partial charge in [-0.2, -0.15) is 0 Å².